The van der Waals surface area contributed by atoms with Crippen molar-refractivity contribution in [3.63, 3.8) is 0 Å². The standard InChI is InChI=1S/C10H18ClN3O2/c1-8-7-13(2)4-3-5-14(8)10(16)12-9(15)6-11/h8H,3-7H2,1-2H3,(H,12,15,16). The second kappa shape index (κ2) is 6.06. The molecule has 0 bridgehead atoms. The van der Waals surface area contributed by atoms with E-state index >= 15 is 0 Å². The molecule has 6 heteroatoms. The van der Waals surface area contributed by atoms with Gasteiger partial charge in [0.1, 0.15) is 5.88 Å². The molecule has 5 nitrogen and oxygen atoms in total. The molecule has 1 heterocycles. The van der Waals surface area contributed by atoms with Gasteiger partial charge in [0.2, 0.25) is 5.91 Å². The smallest absolute Gasteiger partial charge is 0.320 e. The van der Waals surface area contributed by atoms with E-state index in [0.717, 1.165) is 19.5 Å². The van der Waals surface area contributed by atoms with E-state index in [1.165, 1.54) is 0 Å². The molecule has 0 spiro atoms. The summed E-state index contributed by atoms with van der Waals surface area (Å²) < 4.78 is 0. The van der Waals surface area contributed by atoms with Crippen LogP contribution in [-0.2, 0) is 4.79 Å². The molecule has 1 unspecified atom stereocenters. The number of alkyl halides is 1. The van der Waals surface area contributed by atoms with Crippen LogP contribution in [0.3, 0.4) is 0 Å². The molecule has 0 aromatic rings. The molecule has 0 aliphatic carbocycles. The highest BCUT2D eigenvalue weighted by atomic mass is 35.5. The zero-order valence-corrected chi connectivity index (χ0v) is 10.5. The van der Waals surface area contributed by atoms with Crippen molar-refractivity contribution < 1.29 is 9.59 Å². The second-order valence-corrected chi connectivity index (χ2v) is 4.41. The zero-order chi connectivity index (χ0) is 12.1. The van der Waals surface area contributed by atoms with Crippen molar-refractivity contribution in [3.05, 3.63) is 0 Å². The summed E-state index contributed by atoms with van der Waals surface area (Å²) in [5, 5.41) is 2.27. The van der Waals surface area contributed by atoms with Crippen molar-refractivity contribution in [1.82, 2.24) is 15.1 Å². The van der Waals surface area contributed by atoms with E-state index in [1.807, 2.05) is 14.0 Å². The molecule has 92 valence electrons. The first-order chi connectivity index (χ1) is 7.54. The maximum atomic E-state index is 11.8. The van der Waals surface area contributed by atoms with Gasteiger partial charge in [-0.3, -0.25) is 10.1 Å². The molecular weight excluding hydrogens is 230 g/mol. The number of carbonyl (C=O) groups excluding carboxylic acids is 2. The van der Waals surface area contributed by atoms with Crippen molar-refractivity contribution in [2.75, 3.05) is 32.6 Å². The van der Waals surface area contributed by atoms with E-state index in [-0.39, 0.29) is 18.0 Å². The summed E-state index contributed by atoms with van der Waals surface area (Å²) in [5.41, 5.74) is 0. The summed E-state index contributed by atoms with van der Waals surface area (Å²) in [4.78, 5) is 26.6. The van der Waals surface area contributed by atoms with Crippen LogP contribution in [0.25, 0.3) is 0 Å². The predicted octanol–water partition coefficient (Wildman–Crippen LogP) is 0.487. The fraction of sp³-hybridized carbons (Fsp3) is 0.800. The van der Waals surface area contributed by atoms with Crippen molar-refractivity contribution in [1.29, 1.82) is 0 Å². The van der Waals surface area contributed by atoms with Crippen LogP contribution in [0.4, 0.5) is 4.79 Å². The largest absolute Gasteiger partial charge is 0.324 e. The van der Waals surface area contributed by atoms with Crippen LogP contribution in [0.5, 0.6) is 0 Å². The Morgan fingerprint density at radius 3 is 2.75 bits per heavy atom. The number of likely N-dealkylation sites (N-methyl/N-ethyl adjacent to an activating group) is 1. The fourth-order valence-corrected chi connectivity index (χ4v) is 1.97. The molecule has 1 aliphatic rings. The quantitative estimate of drug-likeness (QED) is 0.686. The summed E-state index contributed by atoms with van der Waals surface area (Å²) in [6, 6.07) is -0.232. The lowest BCUT2D eigenvalue weighted by Crippen LogP contribution is -2.49. The molecule has 1 atom stereocenters. The molecule has 0 radical (unpaired) electrons. The van der Waals surface area contributed by atoms with Crippen LogP contribution in [-0.4, -0.2) is 60.3 Å². The summed E-state index contributed by atoms with van der Waals surface area (Å²) >= 11 is 5.34. The minimum Gasteiger partial charge on any atom is -0.320 e. The Labute approximate surface area is 101 Å². The van der Waals surface area contributed by atoms with Crippen LogP contribution in [0, 0.1) is 0 Å². The number of hydrogen-bond acceptors (Lipinski definition) is 3. The lowest BCUT2D eigenvalue weighted by atomic mass is 10.3. The second-order valence-electron chi connectivity index (χ2n) is 4.15. The minimum absolute atomic E-state index is 0.107. The Hall–Kier alpha value is -0.810. The third kappa shape index (κ3) is 3.64. The first-order valence-electron chi connectivity index (χ1n) is 5.39. The van der Waals surface area contributed by atoms with Crippen molar-refractivity contribution >= 4 is 23.5 Å². The van der Waals surface area contributed by atoms with Gasteiger partial charge in [-0.2, -0.15) is 0 Å². The topological polar surface area (TPSA) is 52.6 Å². The highest BCUT2D eigenvalue weighted by Crippen LogP contribution is 2.08. The molecule has 1 fully saturated rings. The molecule has 1 rings (SSSR count). The third-order valence-electron chi connectivity index (χ3n) is 2.68. The average molecular weight is 248 g/mol. The van der Waals surface area contributed by atoms with Gasteiger partial charge in [0.15, 0.2) is 0 Å². The van der Waals surface area contributed by atoms with Crippen LogP contribution >= 0.6 is 11.6 Å². The molecule has 0 saturated carbocycles. The fourth-order valence-electron chi connectivity index (χ4n) is 1.90. The maximum Gasteiger partial charge on any atom is 0.324 e. The highest BCUT2D eigenvalue weighted by molar-refractivity contribution is 6.28. The molecule has 0 aromatic heterocycles. The van der Waals surface area contributed by atoms with E-state index in [1.54, 1.807) is 4.90 Å². The van der Waals surface area contributed by atoms with E-state index < -0.39 is 5.91 Å². The normalized spacial score (nSPS) is 22.7. The Kier molecular flexibility index (Phi) is 5.02. The van der Waals surface area contributed by atoms with Gasteiger partial charge in [0, 0.05) is 19.1 Å². The molecule has 0 aromatic carbocycles. The van der Waals surface area contributed by atoms with Gasteiger partial charge in [-0.1, -0.05) is 0 Å². The van der Waals surface area contributed by atoms with E-state index in [0.29, 0.717) is 6.54 Å². The zero-order valence-electron chi connectivity index (χ0n) is 9.70. The molecular formula is C10H18ClN3O2. The third-order valence-corrected chi connectivity index (χ3v) is 2.92. The van der Waals surface area contributed by atoms with Gasteiger partial charge in [0.25, 0.3) is 0 Å². The molecule has 3 amide bonds. The summed E-state index contributed by atoms with van der Waals surface area (Å²) in [6.07, 6.45) is 0.920. The van der Waals surface area contributed by atoms with Gasteiger partial charge in [-0.05, 0) is 26.9 Å². The number of halogens is 1. The Morgan fingerprint density at radius 2 is 2.12 bits per heavy atom. The first kappa shape index (κ1) is 13.3. The Bertz CT molecular complexity index is 273. The molecule has 1 N–H and O–H groups in total. The number of nitrogens with zero attached hydrogens (tertiary/aromatic N) is 2. The van der Waals surface area contributed by atoms with E-state index in [4.69, 9.17) is 11.6 Å². The SMILES string of the molecule is CC1CN(C)CCCN1C(=O)NC(=O)CCl. The van der Waals surface area contributed by atoms with Crippen LogP contribution < -0.4 is 5.32 Å². The predicted molar refractivity (Wildman–Crippen MR) is 62.5 cm³/mol. The average Bonchev–Trinajstić information content (AvgIpc) is 2.38. The monoisotopic (exact) mass is 247 g/mol. The Morgan fingerprint density at radius 1 is 1.44 bits per heavy atom. The molecule has 1 aliphatic heterocycles. The maximum absolute atomic E-state index is 11.8. The van der Waals surface area contributed by atoms with Gasteiger partial charge < -0.3 is 9.80 Å². The number of carbonyl (C=O) groups is 2. The van der Waals surface area contributed by atoms with Crippen LogP contribution in [0.15, 0.2) is 0 Å². The lowest BCUT2D eigenvalue weighted by molar-refractivity contribution is -0.117. The number of imide groups is 1. The molecule has 16 heavy (non-hydrogen) atoms. The van der Waals surface area contributed by atoms with Crippen LogP contribution in [0.2, 0.25) is 0 Å². The summed E-state index contributed by atoms with van der Waals surface area (Å²) in [7, 11) is 2.03. The number of amides is 3. The number of rotatable bonds is 1. The number of hydrogen-bond donors (Lipinski definition) is 1. The summed E-state index contributed by atoms with van der Waals surface area (Å²) in [6.45, 7) is 4.44. The van der Waals surface area contributed by atoms with Gasteiger partial charge in [-0.15, -0.1) is 11.6 Å². The van der Waals surface area contributed by atoms with Crippen molar-refractivity contribution in [3.8, 4) is 0 Å². The van der Waals surface area contributed by atoms with Crippen molar-refractivity contribution in [2.45, 2.75) is 19.4 Å². The Balaban J connectivity index is 2.56. The van der Waals surface area contributed by atoms with E-state index in [9.17, 15) is 9.59 Å². The first-order valence-corrected chi connectivity index (χ1v) is 5.93. The van der Waals surface area contributed by atoms with E-state index in [2.05, 4.69) is 10.2 Å². The van der Waals surface area contributed by atoms with Gasteiger partial charge in [-0.25, -0.2) is 4.79 Å². The van der Waals surface area contributed by atoms with Gasteiger partial charge >= 0.3 is 6.03 Å². The number of urea groups is 1. The minimum atomic E-state index is -0.448. The van der Waals surface area contributed by atoms with Crippen molar-refractivity contribution in [2.24, 2.45) is 0 Å². The number of nitrogens with one attached hydrogen (secondary N) is 1. The molecule has 1 saturated heterocycles. The lowest BCUT2D eigenvalue weighted by Gasteiger charge is -2.27. The van der Waals surface area contributed by atoms with Gasteiger partial charge in [0.05, 0.1) is 0 Å². The van der Waals surface area contributed by atoms with Crippen LogP contribution in [0.1, 0.15) is 13.3 Å². The summed E-state index contributed by atoms with van der Waals surface area (Å²) in [5.74, 6) is -0.634. The highest BCUT2D eigenvalue weighted by Gasteiger charge is 2.24.